The van der Waals surface area contributed by atoms with Crippen molar-refractivity contribution in [3.05, 3.63) is 59.1 Å². The smallest absolute Gasteiger partial charge is 0.261 e. The lowest BCUT2D eigenvalue weighted by molar-refractivity contribution is 0.0708. The van der Waals surface area contributed by atoms with Gasteiger partial charge in [-0.15, -0.1) is 12.4 Å². The van der Waals surface area contributed by atoms with Gasteiger partial charge in [0.05, 0.1) is 10.6 Å². The zero-order chi connectivity index (χ0) is 18.7. The summed E-state index contributed by atoms with van der Waals surface area (Å²) < 4.78 is 27.7. The summed E-state index contributed by atoms with van der Waals surface area (Å²) in [5, 5.41) is 0.426. The average molecular weight is 430 g/mol. The maximum absolute atomic E-state index is 12.7. The molecule has 0 radical (unpaired) electrons. The first-order valence-corrected chi connectivity index (χ1v) is 10.1. The number of piperidine rings is 1. The van der Waals surface area contributed by atoms with E-state index in [0.29, 0.717) is 29.4 Å². The molecule has 3 N–H and O–H groups in total. The van der Waals surface area contributed by atoms with Crippen LogP contribution < -0.4 is 10.5 Å². The molecular formula is C18H21Cl2N3O3S. The molecule has 3 rings (SSSR count). The summed E-state index contributed by atoms with van der Waals surface area (Å²) in [6.45, 7) is 1.11. The molecule has 146 valence electrons. The fourth-order valence-corrected chi connectivity index (χ4v) is 4.22. The number of benzene rings is 2. The van der Waals surface area contributed by atoms with Gasteiger partial charge in [-0.05, 0) is 49.2 Å². The van der Waals surface area contributed by atoms with Crippen LogP contribution >= 0.6 is 24.0 Å². The third-order valence-corrected chi connectivity index (χ3v) is 5.83. The highest BCUT2D eigenvalue weighted by molar-refractivity contribution is 7.92. The molecule has 1 unspecified atom stereocenters. The largest absolute Gasteiger partial charge is 0.337 e. The zero-order valence-electron chi connectivity index (χ0n) is 14.5. The second kappa shape index (κ2) is 8.93. The van der Waals surface area contributed by atoms with Crippen LogP contribution in [0.3, 0.4) is 0 Å². The van der Waals surface area contributed by atoms with Crippen LogP contribution in [0.4, 0.5) is 5.69 Å². The number of hydrogen-bond donors (Lipinski definition) is 2. The molecule has 1 heterocycles. The number of halogens is 2. The van der Waals surface area contributed by atoms with Crippen LogP contribution in [-0.4, -0.2) is 38.4 Å². The number of rotatable bonds is 4. The van der Waals surface area contributed by atoms with Crippen LogP contribution in [0.15, 0.2) is 53.4 Å². The van der Waals surface area contributed by atoms with Gasteiger partial charge >= 0.3 is 0 Å². The minimum Gasteiger partial charge on any atom is -0.337 e. The Labute approximate surface area is 170 Å². The van der Waals surface area contributed by atoms with Crippen LogP contribution in [-0.2, 0) is 10.0 Å². The van der Waals surface area contributed by atoms with Crippen molar-refractivity contribution in [2.75, 3.05) is 17.8 Å². The summed E-state index contributed by atoms with van der Waals surface area (Å²) in [5.74, 6) is -0.208. The molecule has 1 aliphatic heterocycles. The van der Waals surface area contributed by atoms with Gasteiger partial charge in [0.1, 0.15) is 0 Å². The molecule has 0 bridgehead atoms. The molecule has 0 aromatic heterocycles. The highest BCUT2D eigenvalue weighted by Crippen LogP contribution is 2.21. The molecule has 1 aliphatic rings. The second-order valence-electron chi connectivity index (χ2n) is 6.30. The van der Waals surface area contributed by atoms with E-state index < -0.39 is 10.0 Å². The van der Waals surface area contributed by atoms with E-state index in [1.54, 1.807) is 35.2 Å². The Bertz CT molecular complexity index is 922. The number of nitrogens with two attached hydrogens (primary N) is 1. The van der Waals surface area contributed by atoms with E-state index in [0.717, 1.165) is 12.8 Å². The van der Waals surface area contributed by atoms with E-state index in [1.807, 2.05) is 0 Å². The predicted molar refractivity (Wildman–Crippen MR) is 109 cm³/mol. The van der Waals surface area contributed by atoms with Gasteiger partial charge < -0.3 is 10.6 Å². The van der Waals surface area contributed by atoms with E-state index in [-0.39, 0.29) is 29.3 Å². The number of carbonyl (C=O) groups is 1. The monoisotopic (exact) mass is 429 g/mol. The Hall–Kier alpha value is -1.80. The summed E-state index contributed by atoms with van der Waals surface area (Å²) in [4.78, 5) is 14.4. The van der Waals surface area contributed by atoms with Crippen LogP contribution in [0.2, 0.25) is 5.02 Å². The summed E-state index contributed by atoms with van der Waals surface area (Å²) in [5.41, 5.74) is 6.61. The van der Waals surface area contributed by atoms with Gasteiger partial charge in [0.2, 0.25) is 0 Å². The third-order valence-electron chi connectivity index (χ3n) is 4.21. The van der Waals surface area contributed by atoms with Crippen LogP contribution in [0, 0.1) is 0 Å². The van der Waals surface area contributed by atoms with E-state index in [1.165, 1.54) is 18.2 Å². The molecule has 0 aliphatic carbocycles. The first-order valence-electron chi connectivity index (χ1n) is 8.28. The molecular weight excluding hydrogens is 409 g/mol. The Balaban J connectivity index is 0.00000261. The number of likely N-dealkylation sites (tertiary alicyclic amines) is 1. The van der Waals surface area contributed by atoms with Crippen LogP contribution in [0.1, 0.15) is 23.2 Å². The molecule has 1 saturated heterocycles. The Morgan fingerprint density at radius 2 is 1.93 bits per heavy atom. The average Bonchev–Trinajstić information content (AvgIpc) is 2.61. The number of amides is 1. The van der Waals surface area contributed by atoms with Gasteiger partial charge in [-0.1, -0.05) is 23.7 Å². The fourth-order valence-electron chi connectivity index (χ4n) is 2.94. The van der Waals surface area contributed by atoms with Crippen LogP contribution in [0.5, 0.6) is 0 Å². The Morgan fingerprint density at radius 1 is 1.19 bits per heavy atom. The number of anilines is 1. The molecule has 0 spiro atoms. The van der Waals surface area contributed by atoms with Gasteiger partial charge in [-0.25, -0.2) is 8.42 Å². The summed E-state index contributed by atoms with van der Waals surface area (Å²) in [6.07, 6.45) is 1.74. The standard InChI is InChI=1S/C18H20ClN3O3S.ClH/c19-14-5-2-7-16(11-14)21-26(24,25)17-8-1-4-13(10-17)18(23)22-9-3-6-15(20)12-22;/h1-2,4-5,7-8,10-11,15,21H,3,6,9,12,20H2;1H. The van der Waals surface area contributed by atoms with Gasteiger partial charge in [0, 0.05) is 29.7 Å². The lowest BCUT2D eigenvalue weighted by Gasteiger charge is -2.30. The SMILES string of the molecule is Cl.NC1CCCN(C(=O)c2cccc(S(=O)(=O)Nc3cccc(Cl)c3)c2)C1. The Morgan fingerprint density at radius 3 is 2.63 bits per heavy atom. The molecule has 6 nitrogen and oxygen atoms in total. The first-order chi connectivity index (χ1) is 12.3. The van der Waals surface area contributed by atoms with E-state index >= 15 is 0 Å². The summed E-state index contributed by atoms with van der Waals surface area (Å²) >= 11 is 5.89. The predicted octanol–water partition coefficient (Wildman–Crippen LogP) is 3.13. The van der Waals surface area contributed by atoms with Gasteiger partial charge in [-0.3, -0.25) is 9.52 Å². The summed E-state index contributed by atoms with van der Waals surface area (Å²) in [7, 11) is -3.83. The van der Waals surface area contributed by atoms with Gasteiger partial charge in [0.25, 0.3) is 15.9 Å². The van der Waals surface area contributed by atoms with Gasteiger partial charge in [-0.2, -0.15) is 0 Å². The number of sulfonamides is 1. The van der Waals surface area contributed by atoms with Crippen molar-refractivity contribution in [2.24, 2.45) is 5.73 Å². The highest BCUT2D eigenvalue weighted by atomic mass is 35.5. The van der Waals surface area contributed by atoms with Crippen molar-refractivity contribution in [1.29, 1.82) is 0 Å². The molecule has 1 amide bonds. The zero-order valence-corrected chi connectivity index (χ0v) is 16.9. The van der Waals surface area contributed by atoms with E-state index in [4.69, 9.17) is 17.3 Å². The number of nitrogens with one attached hydrogen (secondary N) is 1. The number of nitrogens with zero attached hydrogens (tertiary/aromatic N) is 1. The van der Waals surface area contributed by atoms with Gasteiger partial charge in [0.15, 0.2) is 0 Å². The van der Waals surface area contributed by atoms with Crippen LogP contribution in [0.25, 0.3) is 0 Å². The molecule has 27 heavy (non-hydrogen) atoms. The van der Waals surface area contributed by atoms with Crippen molar-refractivity contribution >= 4 is 45.6 Å². The molecule has 9 heteroatoms. The number of hydrogen-bond acceptors (Lipinski definition) is 4. The maximum Gasteiger partial charge on any atom is 0.261 e. The minimum absolute atomic E-state index is 0. The van der Waals surface area contributed by atoms with Crippen molar-refractivity contribution in [3.63, 3.8) is 0 Å². The number of carbonyl (C=O) groups excluding carboxylic acids is 1. The molecule has 0 saturated carbocycles. The van der Waals surface area contributed by atoms with Crippen molar-refractivity contribution in [2.45, 2.75) is 23.8 Å². The molecule has 1 fully saturated rings. The minimum atomic E-state index is -3.83. The second-order valence-corrected chi connectivity index (χ2v) is 8.42. The van der Waals surface area contributed by atoms with Crippen molar-refractivity contribution in [3.8, 4) is 0 Å². The van der Waals surface area contributed by atoms with E-state index in [2.05, 4.69) is 4.72 Å². The quantitative estimate of drug-likeness (QED) is 0.780. The Kier molecular flexibility index (Phi) is 7.11. The van der Waals surface area contributed by atoms with Crippen molar-refractivity contribution < 1.29 is 13.2 Å². The topological polar surface area (TPSA) is 92.5 Å². The highest BCUT2D eigenvalue weighted by Gasteiger charge is 2.24. The molecule has 1 atom stereocenters. The van der Waals surface area contributed by atoms with E-state index in [9.17, 15) is 13.2 Å². The normalized spacial score (nSPS) is 17.1. The molecule has 2 aromatic carbocycles. The summed E-state index contributed by atoms with van der Waals surface area (Å²) in [6, 6.07) is 12.4. The van der Waals surface area contributed by atoms with Crippen molar-refractivity contribution in [1.82, 2.24) is 4.90 Å². The lowest BCUT2D eigenvalue weighted by Crippen LogP contribution is -2.45. The lowest BCUT2D eigenvalue weighted by atomic mass is 10.1. The third kappa shape index (κ3) is 5.35. The fraction of sp³-hybridized carbons (Fsp3) is 0.278. The molecule has 2 aromatic rings. The maximum atomic E-state index is 12.7. The first kappa shape index (κ1) is 21.5.